The molecule has 0 aromatic heterocycles. The van der Waals surface area contributed by atoms with Crippen molar-refractivity contribution in [1.29, 1.82) is 0 Å². The van der Waals surface area contributed by atoms with E-state index in [2.05, 4.69) is 5.32 Å². The van der Waals surface area contributed by atoms with Gasteiger partial charge in [-0.3, -0.25) is 9.69 Å². The van der Waals surface area contributed by atoms with Crippen LogP contribution in [0.5, 0.6) is 0 Å². The molecule has 0 aliphatic carbocycles. The number of carbonyl (C=O) groups is 2. The maximum atomic E-state index is 12.7. The number of halogens is 3. The average molecular weight is 463 g/mol. The van der Waals surface area contributed by atoms with Crippen LogP contribution < -0.4 is 15.5 Å². The number of nitrogens with one attached hydrogen (secondary N) is 2. The molecule has 3 rings (SSSR count). The van der Waals surface area contributed by atoms with E-state index >= 15 is 0 Å². The Kier molecular flexibility index (Phi) is 6.54. The molecule has 10 heteroatoms. The van der Waals surface area contributed by atoms with Crippen LogP contribution in [0, 0.1) is 6.92 Å². The van der Waals surface area contributed by atoms with Gasteiger partial charge in [0.05, 0.1) is 18.7 Å². The fourth-order valence-corrected chi connectivity index (χ4v) is 3.73. The highest BCUT2D eigenvalue weighted by molar-refractivity contribution is 7.80. The van der Waals surface area contributed by atoms with Crippen molar-refractivity contribution in [2.75, 3.05) is 17.3 Å². The Labute approximate surface area is 188 Å². The van der Waals surface area contributed by atoms with Crippen molar-refractivity contribution in [1.82, 2.24) is 5.32 Å². The summed E-state index contributed by atoms with van der Waals surface area (Å²) >= 11 is 5.53. The van der Waals surface area contributed by atoms with Gasteiger partial charge in [-0.05, 0) is 55.9 Å². The van der Waals surface area contributed by atoms with Crippen LogP contribution in [0.4, 0.5) is 24.5 Å². The smallest absolute Gasteiger partial charge is 0.466 e. The van der Waals surface area contributed by atoms with Crippen molar-refractivity contribution in [3.05, 3.63) is 70.9 Å². The van der Waals surface area contributed by atoms with Crippen molar-refractivity contribution in [3.63, 3.8) is 0 Å². The number of hydrogen-bond acceptors (Lipinski definition) is 4. The zero-order chi connectivity index (χ0) is 23.6. The van der Waals surface area contributed by atoms with Gasteiger partial charge in [-0.2, -0.15) is 13.2 Å². The highest BCUT2D eigenvalue weighted by atomic mass is 32.1. The van der Waals surface area contributed by atoms with Gasteiger partial charge in [-0.15, -0.1) is 0 Å². The fourth-order valence-electron chi connectivity index (χ4n) is 3.37. The van der Waals surface area contributed by atoms with E-state index < -0.39 is 24.1 Å². The molecule has 0 saturated heterocycles. The van der Waals surface area contributed by atoms with Gasteiger partial charge in [-0.1, -0.05) is 29.8 Å². The molecule has 1 atom stereocenters. The van der Waals surface area contributed by atoms with Crippen LogP contribution in [0.1, 0.15) is 24.1 Å². The molecule has 1 amide bonds. The molecule has 6 nitrogen and oxygen atoms in total. The molecule has 2 N–H and O–H groups in total. The Morgan fingerprint density at radius 3 is 2.38 bits per heavy atom. The molecule has 2 aromatic carbocycles. The number of rotatable bonds is 4. The number of allylic oxidation sites excluding steroid dienone is 1. The number of thiocarbonyl (C=S) groups is 1. The van der Waals surface area contributed by atoms with E-state index in [0.717, 1.165) is 11.3 Å². The number of benzene rings is 2. The van der Waals surface area contributed by atoms with Crippen LogP contribution in [-0.2, 0) is 14.3 Å². The first-order chi connectivity index (χ1) is 15.0. The quantitative estimate of drug-likeness (QED) is 0.518. The van der Waals surface area contributed by atoms with Gasteiger partial charge in [0.15, 0.2) is 5.11 Å². The largest absolute Gasteiger partial charge is 0.471 e. The third kappa shape index (κ3) is 4.75. The minimum atomic E-state index is -5.02. The lowest BCUT2D eigenvalue weighted by atomic mass is 9.94. The first-order valence-corrected chi connectivity index (χ1v) is 9.88. The van der Waals surface area contributed by atoms with Gasteiger partial charge in [0.1, 0.15) is 0 Å². The molecule has 0 unspecified atom stereocenters. The molecule has 0 bridgehead atoms. The number of nitrogens with zero attached hydrogens (tertiary/aromatic N) is 1. The van der Waals surface area contributed by atoms with Crippen LogP contribution >= 0.6 is 12.2 Å². The summed E-state index contributed by atoms with van der Waals surface area (Å²) in [6, 6.07) is 12.5. The van der Waals surface area contributed by atoms with Crippen LogP contribution in [0.3, 0.4) is 0 Å². The topological polar surface area (TPSA) is 70.7 Å². The van der Waals surface area contributed by atoms with E-state index in [1.165, 1.54) is 25.3 Å². The van der Waals surface area contributed by atoms with Crippen LogP contribution in [0.2, 0.25) is 0 Å². The Balaban J connectivity index is 2.04. The average Bonchev–Trinajstić information content (AvgIpc) is 2.73. The Hall–Kier alpha value is -3.40. The molecule has 1 aliphatic rings. The van der Waals surface area contributed by atoms with Gasteiger partial charge in [0, 0.05) is 17.1 Å². The number of methoxy groups -OCH3 is 1. The molecule has 0 radical (unpaired) electrons. The molecular formula is C22H20F3N3O3S. The number of carbonyl (C=O) groups excluding carboxylic acids is 2. The maximum Gasteiger partial charge on any atom is 0.471 e. The summed E-state index contributed by atoms with van der Waals surface area (Å²) in [5.74, 6) is -2.71. The number of hydrogen-bond donors (Lipinski definition) is 2. The van der Waals surface area contributed by atoms with E-state index in [4.69, 9.17) is 17.0 Å². The third-order valence-corrected chi connectivity index (χ3v) is 5.22. The predicted molar refractivity (Wildman–Crippen MR) is 118 cm³/mol. The SMILES string of the molecule is COC(=O)C1=C(C)N(c2ccc(C)cc2)C(=S)N[C@H]1c1cccc(NC(=O)C(F)(F)F)c1. The summed E-state index contributed by atoms with van der Waals surface area (Å²) in [5, 5.41) is 5.18. The van der Waals surface area contributed by atoms with Gasteiger partial charge in [-0.25, -0.2) is 4.79 Å². The van der Waals surface area contributed by atoms with E-state index in [0.29, 0.717) is 16.4 Å². The van der Waals surface area contributed by atoms with E-state index in [-0.39, 0.29) is 11.3 Å². The van der Waals surface area contributed by atoms with Crippen LogP contribution in [-0.4, -0.2) is 30.3 Å². The van der Waals surface area contributed by atoms with Crippen molar-refractivity contribution < 1.29 is 27.5 Å². The summed E-state index contributed by atoms with van der Waals surface area (Å²) < 4.78 is 42.8. The van der Waals surface area contributed by atoms with Crippen molar-refractivity contribution in [2.45, 2.75) is 26.1 Å². The third-order valence-electron chi connectivity index (χ3n) is 4.92. The predicted octanol–water partition coefficient (Wildman–Crippen LogP) is 4.38. The zero-order valence-corrected chi connectivity index (χ0v) is 18.2. The highest BCUT2D eigenvalue weighted by Crippen LogP contribution is 2.35. The Morgan fingerprint density at radius 1 is 1.12 bits per heavy atom. The number of esters is 1. The summed E-state index contributed by atoms with van der Waals surface area (Å²) in [4.78, 5) is 25.7. The Morgan fingerprint density at radius 2 is 1.78 bits per heavy atom. The second-order valence-corrected chi connectivity index (χ2v) is 7.51. The van der Waals surface area contributed by atoms with Crippen molar-refractivity contribution >= 4 is 40.6 Å². The lowest BCUT2D eigenvalue weighted by Gasteiger charge is -2.37. The van der Waals surface area contributed by atoms with E-state index in [9.17, 15) is 22.8 Å². The number of aryl methyl sites for hydroxylation is 1. The highest BCUT2D eigenvalue weighted by Gasteiger charge is 2.39. The summed E-state index contributed by atoms with van der Waals surface area (Å²) in [6.07, 6.45) is -5.02. The van der Waals surface area contributed by atoms with Crippen LogP contribution in [0.15, 0.2) is 59.8 Å². The Bertz CT molecular complexity index is 1100. The molecule has 0 fully saturated rings. The van der Waals surface area contributed by atoms with Crippen LogP contribution in [0.25, 0.3) is 0 Å². The van der Waals surface area contributed by atoms with Gasteiger partial charge in [0.25, 0.3) is 0 Å². The molecule has 168 valence electrons. The van der Waals surface area contributed by atoms with Gasteiger partial charge < -0.3 is 15.4 Å². The first-order valence-electron chi connectivity index (χ1n) is 9.47. The van der Waals surface area contributed by atoms with E-state index in [1.807, 2.05) is 36.5 Å². The molecule has 1 heterocycles. The zero-order valence-electron chi connectivity index (χ0n) is 17.4. The second-order valence-electron chi connectivity index (χ2n) is 7.12. The summed E-state index contributed by atoms with van der Waals surface area (Å²) in [7, 11) is 1.24. The molecule has 32 heavy (non-hydrogen) atoms. The fraction of sp³-hybridized carbons (Fsp3) is 0.227. The molecule has 0 spiro atoms. The standard InChI is InChI=1S/C22H20F3N3O3S/c1-12-7-9-16(10-8-12)28-13(2)17(19(29)31-3)18(27-21(28)32)14-5-4-6-15(11-14)26-20(30)22(23,24)25/h4-11,18H,1-3H3,(H,26,30)(H,27,32)/t18-/m0/s1. The second kappa shape index (κ2) is 8.99. The number of amides is 1. The summed E-state index contributed by atoms with van der Waals surface area (Å²) in [5.41, 5.74) is 2.89. The van der Waals surface area contributed by atoms with Crippen molar-refractivity contribution in [2.24, 2.45) is 0 Å². The monoisotopic (exact) mass is 463 g/mol. The van der Waals surface area contributed by atoms with E-state index in [1.54, 1.807) is 17.9 Å². The normalized spacial score (nSPS) is 16.5. The number of ether oxygens (including phenoxy) is 1. The molecule has 2 aromatic rings. The summed E-state index contributed by atoms with van der Waals surface area (Å²) in [6.45, 7) is 3.65. The minimum Gasteiger partial charge on any atom is -0.466 e. The molecule has 1 aliphatic heterocycles. The van der Waals surface area contributed by atoms with Gasteiger partial charge in [0.2, 0.25) is 0 Å². The van der Waals surface area contributed by atoms with Gasteiger partial charge >= 0.3 is 18.1 Å². The van der Waals surface area contributed by atoms with Crippen molar-refractivity contribution in [3.8, 4) is 0 Å². The minimum absolute atomic E-state index is 0.0691. The lowest BCUT2D eigenvalue weighted by Crippen LogP contribution is -2.48. The first kappa shape index (κ1) is 23.3. The number of alkyl halides is 3. The number of anilines is 2. The lowest BCUT2D eigenvalue weighted by molar-refractivity contribution is -0.167. The molecular weight excluding hydrogens is 443 g/mol. The molecule has 0 saturated carbocycles. The maximum absolute atomic E-state index is 12.7.